The molecule has 0 atom stereocenters. The Bertz CT molecular complexity index is 161. The Labute approximate surface area is 81.3 Å². The highest BCUT2D eigenvalue weighted by molar-refractivity contribution is 5.81. The summed E-state index contributed by atoms with van der Waals surface area (Å²) in [7, 11) is 0. The maximum atomic E-state index is 11.8. The van der Waals surface area contributed by atoms with Gasteiger partial charge in [0.2, 0.25) is 5.91 Å². The number of hydrogen-bond donors (Lipinski definition) is 1. The minimum Gasteiger partial charge on any atom is -0.342 e. The summed E-state index contributed by atoms with van der Waals surface area (Å²) in [6.07, 6.45) is 0.885. The predicted octanol–water partition coefficient (Wildman–Crippen LogP) is 1.23. The molecule has 0 spiro atoms. The molecule has 0 rings (SSSR count). The first-order valence-electron chi connectivity index (χ1n) is 4.93. The van der Waals surface area contributed by atoms with E-state index in [4.69, 9.17) is 5.73 Å². The molecule has 0 unspecified atom stereocenters. The van der Waals surface area contributed by atoms with Crippen LogP contribution >= 0.6 is 0 Å². The van der Waals surface area contributed by atoms with Crippen LogP contribution in [0.3, 0.4) is 0 Å². The summed E-state index contributed by atoms with van der Waals surface area (Å²) < 4.78 is 0. The molecule has 3 heteroatoms. The van der Waals surface area contributed by atoms with E-state index in [1.165, 1.54) is 0 Å². The Morgan fingerprint density at radius 2 is 1.92 bits per heavy atom. The molecule has 1 amide bonds. The highest BCUT2D eigenvalue weighted by Gasteiger charge is 2.25. The molecule has 0 aromatic rings. The molecule has 78 valence electrons. The SMILES string of the molecule is CCN(CCCN)C(=O)C(C)(C)C. The third-order valence-corrected chi connectivity index (χ3v) is 1.94. The summed E-state index contributed by atoms with van der Waals surface area (Å²) in [5, 5.41) is 0. The van der Waals surface area contributed by atoms with Gasteiger partial charge in [-0.15, -0.1) is 0 Å². The van der Waals surface area contributed by atoms with Gasteiger partial charge in [0.25, 0.3) is 0 Å². The highest BCUT2D eigenvalue weighted by Crippen LogP contribution is 2.17. The lowest BCUT2D eigenvalue weighted by molar-refractivity contribution is -0.139. The van der Waals surface area contributed by atoms with Gasteiger partial charge in [-0.25, -0.2) is 0 Å². The van der Waals surface area contributed by atoms with Gasteiger partial charge in [-0.05, 0) is 19.9 Å². The summed E-state index contributed by atoms with van der Waals surface area (Å²) in [6, 6.07) is 0. The van der Waals surface area contributed by atoms with Crippen LogP contribution in [0.4, 0.5) is 0 Å². The van der Waals surface area contributed by atoms with Crippen molar-refractivity contribution in [2.45, 2.75) is 34.1 Å². The van der Waals surface area contributed by atoms with Crippen LogP contribution < -0.4 is 5.73 Å². The zero-order chi connectivity index (χ0) is 10.5. The molecule has 0 aromatic carbocycles. The molecule has 0 aliphatic rings. The summed E-state index contributed by atoms with van der Waals surface area (Å²) in [4.78, 5) is 13.7. The molecule has 0 radical (unpaired) electrons. The molecule has 0 aliphatic heterocycles. The zero-order valence-corrected chi connectivity index (χ0v) is 9.26. The van der Waals surface area contributed by atoms with Gasteiger partial charge in [0.05, 0.1) is 0 Å². The van der Waals surface area contributed by atoms with Crippen LogP contribution in [-0.2, 0) is 4.79 Å². The average Bonchev–Trinajstić information content (AvgIpc) is 2.04. The van der Waals surface area contributed by atoms with E-state index in [0.717, 1.165) is 19.5 Å². The minimum absolute atomic E-state index is 0.212. The van der Waals surface area contributed by atoms with Crippen molar-refractivity contribution < 1.29 is 4.79 Å². The lowest BCUT2D eigenvalue weighted by Gasteiger charge is -2.28. The van der Waals surface area contributed by atoms with Gasteiger partial charge in [0.15, 0.2) is 0 Å². The van der Waals surface area contributed by atoms with E-state index < -0.39 is 0 Å². The van der Waals surface area contributed by atoms with Crippen molar-refractivity contribution in [3.8, 4) is 0 Å². The fourth-order valence-electron chi connectivity index (χ4n) is 1.16. The molecular formula is C10H22N2O. The third kappa shape index (κ3) is 4.27. The molecule has 0 saturated heterocycles. The zero-order valence-electron chi connectivity index (χ0n) is 9.26. The van der Waals surface area contributed by atoms with Crippen molar-refractivity contribution in [1.29, 1.82) is 0 Å². The second-order valence-electron chi connectivity index (χ2n) is 4.28. The van der Waals surface area contributed by atoms with E-state index in [9.17, 15) is 4.79 Å². The van der Waals surface area contributed by atoms with E-state index in [2.05, 4.69) is 0 Å². The van der Waals surface area contributed by atoms with Gasteiger partial charge < -0.3 is 10.6 Å². The predicted molar refractivity (Wildman–Crippen MR) is 55.4 cm³/mol. The standard InChI is InChI=1S/C10H22N2O/c1-5-12(8-6-7-11)9(13)10(2,3)4/h5-8,11H2,1-4H3. The maximum absolute atomic E-state index is 11.8. The molecule has 0 heterocycles. The summed E-state index contributed by atoms with van der Waals surface area (Å²) in [5.41, 5.74) is 5.13. The van der Waals surface area contributed by atoms with Crippen LogP contribution in [0.15, 0.2) is 0 Å². The Hall–Kier alpha value is -0.570. The fourth-order valence-corrected chi connectivity index (χ4v) is 1.16. The van der Waals surface area contributed by atoms with Crippen molar-refractivity contribution in [1.82, 2.24) is 4.90 Å². The lowest BCUT2D eigenvalue weighted by atomic mass is 9.94. The molecule has 0 aliphatic carbocycles. The van der Waals surface area contributed by atoms with Gasteiger partial charge in [-0.3, -0.25) is 4.79 Å². The Morgan fingerprint density at radius 3 is 2.23 bits per heavy atom. The van der Waals surface area contributed by atoms with Gasteiger partial charge >= 0.3 is 0 Å². The largest absolute Gasteiger partial charge is 0.342 e. The minimum atomic E-state index is -0.273. The van der Waals surface area contributed by atoms with E-state index in [0.29, 0.717) is 6.54 Å². The first-order chi connectivity index (χ1) is 5.93. The molecule has 0 fully saturated rings. The molecule has 0 bridgehead atoms. The third-order valence-electron chi connectivity index (χ3n) is 1.94. The van der Waals surface area contributed by atoms with Crippen LogP contribution in [-0.4, -0.2) is 30.4 Å². The van der Waals surface area contributed by atoms with Crippen LogP contribution in [0.5, 0.6) is 0 Å². The quantitative estimate of drug-likeness (QED) is 0.717. The second-order valence-corrected chi connectivity index (χ2v) is 4.28. The number of hydrogen-bond acceptors (Lipinski definition) is 2. The normalized spacial score (nSPS) is 11.5. The van der Waals surface area contributed by atoms with Crippen LogP contribution in [0.25, 0.3) is 0 Å². The number of rotatable bonds is 4. The number of amides is 1. The Balaban J connectivity index is 4.16. The first-order valence-corrected chi connectivity index (χ1v) is 4.93. The maximum Gasteiger partial charge on any atom is 0.227 e. The van der Waals surface area contributed by atoms with Crippen LogP contribution in [0.1, 0.15) is 34.1 Å². The number of nitrogens with two attached hydrogens (primary N) is 1. The second kappa shape index (κ2) is 5.22. The van der Waals surface area contributed by atoms with Crippen molar-refractivity contribution in [3.63, 3.8) is 0 Å². The highest BCUT2D eigenvalue weighted by atomic mass is 16.2. The van der Waals surface area contributed by atoms with Crippen molar-refractivity contribution >= 4 is 5.91 Å². The molecule has 0 aromatic heterocycles. The van der Waals surface area contributed by atoms with Gasteiger partial charge in [-0.2, -0.15) is 0 Å². The first kappa shape index (κ1) is 12.4. The molecule has 2 N–H and O–H groups in total. The van der Waals surface area contributed by atoms with E-state index in [1.54, 1.807) is 0 Å². The van der Waals surface area contributed by atoms with Gasteiger partial charge in [0.1, 0.15) is 0 Å². The van der Waals surface area contributed by atoms with E-state index in [-0.39, 0.29) is 11.3 Å². The fraction of sp³-hybridized carbons (Fsp3) is 0.900. The molecule has 0 saturated carbocycles. The van der Waals surface area contributed by atoms with Crippen LogP contribution in [0.2, 0.25) is 0 Å². The number of nitrogens with zero attached hydrogens (tertiary/aromatic N) is 1. The Kier molecular flexibility index (Phi) is 4.99. The smallest absolute Gasteiger partial charge is 0.227 e. The summed E-state index contributed by atoms with van der Waals surface area (Å²) in [6.45, 7) is 10.0. The summed E-state index contributed by atoms with van der Waals surface area (Å²) >= 11 is 0. The molecule has 13 heavy (non-hydrogen) atoms. The number of carbonyl (C=O) groups excluding carboxylic acids is 1. The van der Waals surface area contributed by atoms with Crippen molar-refractivity contribution in [3.05, 3.63) is 0 Å². The topological polar surface area (TPSA) is 46.3 Å². The Morgan fingerprint density at radius 1 is 1.38 bits per heavy atom. The molecular weight excluding hydrogens is 164 g/mol. The monoisotopic (exact) mass is 186 g/mol. The number of carbonyl (C=O) groups is 1. The average molecular weight is 186 g/mol. The summed E-state index contributed by atoms with van der Waals surface area (Å²) in [5.74, 6) is 0.212. The van der Waals surface area contributed by atoms with Crippen molar-refractivity contribution in [2.24, 2.45) is 11.1 Å². The van der Waals surface area contributed by atoms with E-state index in [1.807, 2.05) is 32.6 Å². The van der Waals surface area contributed by atoms with Gasteiger partial charge in [0, 0.05) is 18.5 Å². The lowest BCUT2D eigenvalue weighted by Crippen LogP contribution is -2.40. The van der Waals surface area contributed by atoms with Crippen LogP contribution in [0, 0.1) is 5.41 Å². The molecule has 3 nitrogen and oxygen atoms in total. The van der Waals surface area contributed by atoms with Crippen molar-refractivity contribution in [2.75, 3.05) is 19.6 Å². The van der Waals surface area contributed by atoms with Gasteiger partial charge in [-0.1, -0.05) is 20.8 Å². The van der Waals surface area contributed by atoms with E-state index >= 15 is 0 Å².